The number of hydrogen-bond donors (Lipinski definition) is 0. The van der Waals surface area contributed by atoms with Crippen LogP contribution in [0.15, 0.2) is 0 Å². The van der Waals surface area contributed by atoms with Crippen molar-refractivity contribution < 1.29 is 13.2 Å². The molecule has 0 heterocycles. The summed E-state index contributed by atoms with van der Waals surface area (Å²) in [5.74, 6) is 0.880. The first kappa shape index (κ1) is 17.6. The predicted octanol–water partition coefficient (Wildman–Crippen LogP) is 4.49. The summed E-state index contributed by atoms with van der Waals surface area (Å²) in [6, 6.07) is 0. The van der Waals surface area contributed by atoms with Crippen LogP contribution in [0.5, 0.6) is 0 Å². The summed E-state index contributed by atoms with van der Waals surface area (Å²) in [7, 11) is 2.10. The van der Waals surface area contributed by atoms with Gasteiger partial charge in [0.1, 0.15) is 0 Å². The van der Waals surface area contributed by atoms with Crippen molar-refractivity contribution in [2.45, 2.75) is 77.2 Å². The Kier molecular flexibility index (Phi) is 6.39. The van der Waals surface area contributed by atoms with Gasteiger partial charge in [0.05, 0.1) is 18.5 Å². The zero-order chi connectivity index (χ0) is 15.3. The second kappa shape index (κ2) is 7.65. The second-order valence-electron chi connectivity index (χ2n) is 7.29. The third-order valence-corrected chi connectivity index (χ3v) is 6.52. The van der Waals surface area contributed by atoms with Crippen molar-refractivity contribution in [1.29, 1.82) is 0 Å². The van der Waals surface area contributed by atoms with Crippen molar-refractivity contribution in [1.82, 2.24) is 0 Å². The third-order valence-electron chi connectivity index (χ3n) is 5.23. The average molecular weight is 337 g/mol. The van der Waals surface area contributed by atoms with E-state index >= 15 is 0 Å². The van der Waals surface area contributed by atoms with Gasteiger partial charge >= 0.3 is 0 Å². The van der Waals surface area contributed by atoms with Gasteiger partial charge in [0, 0.05) is 16.1 Å². The predicted molar refractivity (Wildman–Crippen MR) is 87.1 cm³/mol. The van der Waals surface area contributed by atoms with Crippen LogP contribution in [-0.2, 0) is 13.8 Å². The maximum absolute atomic E-state index is 11.6. The Labute approximate surface area is 134 Å². The summed E-state index contributed by atoms with van der Waals surface area (Å²) in [5, 5.41) is 0. The van der Waals surface area contributed by atoms with Crippen molar-refractivity contribution in [2.24, 2.45) is 11.3 Å². The molecule has 0 spiro atoms. The number of ether oxygens (including phenoxy) is 1. The van der Waals surface area contributed by atoms with Gasteiger partial charge in [-0.1, -0.05) is 32.6 Å². The van der Waals surface area contributed by atoms with E-state index in [1.54, 1.807) is 0 Å². The molecular weight excluding hydrogens is 308 g/mol. The lowest BCUT2D eigenvalue weighted by molar-refractivity contribution is -0.0289. The lowest BCUT2D eigenvalue weighted by Crippen LogP contribution is -2.35. The van der Waals surface area contributed by atoms with Gasteiger partial charge in [0.2, 0.25) is 9.05 Å². The Balaban J connectivity index is 1.95. The SMILES string of the molecule is CC1CCC(OCC2(CS(=O)(=O)Cl)CCCCCC2)CC1. The van der Waals surface area contributed by atoms with Gasteiger partial charge in [-0.3, -0.25) is 0 Å². The Hall–Kier alpha value is 0.200. The number of halogens is 1. The second-order valence-corrected chi connectivity index (χ2v) is 10.1. The highest BCUT2D eigenvalue weighted by Gasteiger charge is 2.36. The molecule has 0 unspecified atom stereocenters. The fourth-order valence-electron chi connectivity index (χ4n) is 3.87. The van der Waals surface area contributed by atoms with Crippen molar-refractivity contribution >= 4 is 19.7 Å². The first-order chi connectivity index (χ1) is 9.89. The molecule has 0 aromatic carbocycles. The average Bonchev–Trinajstić information content (AvgIpc) is 2.62. The van der Waals surface area contributed by atoms with Gasteiger partial charge in [-0.2, -0.15) is 0 Å². The van der Waals surface area contributed by atoms with Gasteiger partial charge in [0.25, 0.3) is 0 Å². The molecule has 21 heavy (non-hydrogen) atoms. The Morgan fingerprint density at radius 1 is 1.05 bits per heavy atom. The minimum atomic E-state index is -3.47. The van der Waals surface area contributed by atoms with E-state index in [0.717, 1.165) is 44.4 Å². The zero-order valence-electron chi connectivity index (χ0n) is 13.2. The Morgan fingerprint density at radius 2 is 1.62 bits per heavy atom. The van der Waals surface area contributed by atoms with E-state index in [2.05, 4.69) is 6.92 Å². The van der Waals surface area contributed by atoms with Crippen LogP contribution in [0.3, 0.4) is 0 Å². The molecular formula is C16H29ClO3S. The van der Waals surface area contributed by atoms with Gasteiger partial charge in [-0.15, -0.1) is 0 Å². The van der Waals surface area contributed by atoms with E-state index in [1.165, 1.54) is 25.7 Å². The van der Waals surface area contributed by atoms with Crippen LogP contribution in [0.25, 0.3) is 0 Å². The molecule has 0 N–H and O–H groups in total. The lowest BCUT2D eigenvalue weighted by Gasteiger charge is -2.34. The zero-order valence-corrected chi connectivity index (χ0v) is 14.7. The summed E-state index contributed by atoms with van der Waals surface area (Å²) in [5.41, 5.74) is -0.250. The van der Waals surface area contributed by atoms with Crippen molar-refractivity contribution in [3.63, 3.8) is 0 Å². The van der Waals surface area contributed by atoms with Crippen molar-refractivity contribution in [3.05, 3.63) is 0 Å². The molecule has 0 aliphatic heterocycles. The normalized spacial score (nSPS) is 30.8. The fraction of sp³-hybridized carbons (Fsp3) is 1.00. The van der Waals surface area contributed by atoms with Crippen LogP contribution < -0.4 is 0 Å². The quantitative estimate of drug-likeness (QED) is 0.548. The molecule has 0 aromatic heterocycles. The van der Waals surface area contributed by atoms with Crippen LogP contribution in [0.2, 0.25) is 0 Å². The topological polar surface area (TPSA) is 43.4 Å². The largest absolute Gasteiger partial charge is 0.378 e. The standard InChI is InChI=1S/C16H29ClO3S/c1-14-6-8-15(9-7-14)20-12-16(13-21(17,18)19)10-4-2-3-5-11-16/h14-15H,2-13H2,1H3. The summed E-state index contributed by atoms with van der Waals surface area (Å²) in [6.45, 7) is 2.86. The maximum atomic E-state index is 11.6. The van der Waals surface area contributed by atoms with Gasteiger partial charge in [-0.05, 0) is 44.4 Å². The highest BCUT2D eigenvalue weighted by molar-refractivity contribution is 8.13. The molecule has 5 heteroatoms. The molecule has 0 bridgehead atoms. The summed E-state index contributed by atoms with van der Waals surface area (Å²) in [4.78, 5) is 0. The molecule has 2 aliphatic rings. The van der Waals surface area contributed by atoms with Crippen molar-refractivity contribution in [3.8, 4) is 0 Å². The molecule has 2 fully saturated rings. The van der Waals surface area contributed by atoms with Crippen LogP contribution in [-0.4, -0.2) is 26.9 Å². The van der Waals surface area contributed by atoms with Gasteiger partial charge in [0.15, 0.2) is 0 Å². The maximum Gasteiger partial charge on any atom is 0.233 e. The number of hydrogen-bond acceptors (Lipinski definition) is 3. The monoisotopic (exact) mass is 336 g/mol. The van der Waals surface area contributed by atoms with Crippen LogP contribution in [0.4, 0.5) is 0 Å². The summed E-state index contributed by atoms with van der Waals surface area (Å²) < 4.78 is 29.4. The Bertz CT molecular complexity index is 405. The van der Waals surface area contributed by atoms with E-state index < -0.39 is 9.05 Å². The van der Waals surface area contributed by atoms with Crippen LogP contribution in [0, 0.1) is 11.3 Å². The minimum absolute atomic E-state index is 0.0741. The molecule has 0 amide bonds. The van der Waals surface area contributed by atoms with Crippen LogP contribution >= 0.6 is 10.7 Å². The van der Waals surface area contributed by atoms with Crippen molar-refractivity contribution in [2.75, 3.05) is 12.4 Å². The summed E-state index contributed by atoms with van der Waals surface area (Å²) >= 11 is 0. The van der Waals surface area contributed by atoms with Gasteiger partial charge < -0.3 is 4.74 Å². The molecule has 0 saturated heterocycles. The van der Waals surface area contributed by atoms with Crippen LogP contribution in [0.1, 0.15) is 71.1 Å². The van der Waals surface area contributed by atoms with E-state index in [-0.39, 0.29) is 11.2 Å². The molecule has 2 aliphatic carbocycles. The number of rotatable bonds is 5. The molecule has 0 radical (unpaired) electrons. The molecule has 2 saturated carbocycles. The molecule has 124 valence electrons. The summed E-state index contributed by atoms with van der Waals surface area (Å²) in [6.07, 6.45) is 11.5. The first-order valence-electron chi connectivity index (χ1n) is 8.43. The van der Waals surface area contributed by atoms with Gasteiger partial charge in [-0.25, -0.2) is 8.42 Å². The first-order valence-corrected chi connectivity index (χ1v) is 10.9. The molecule has 0 atom stereocenters. The highest BCUT2D eigenvalue weighted by atomic mass is 35.7. The van der Waals surface area contributed by atoms with E-state index in [9.17, 15) is 8.42 Å². The van der Waals surface area contributed by atoms with E-state index in [0.29, 0.717) is 12.7 Å². The van der Waals surface area contributed by atoms with E-state index in [1.807, 2.05) is 0 Å². The molecule has 3 nitrogen and oxygen atoms in total. The smallest absolute Gasteiger partial charge is 0.233 e. The third kappa shape index (κ3) is 6.07. The lowest BCUT2D eigenvalue weighted by atomic mass is 9.83. The fourth-order valence-corrected chi connectivity index (χ4v) is 5.66. The molecule has 2 rings (SSSR count). The highest BCUT2D eigenvalue weighted by Crippen LogP contribution is 2.38. The van der Waals surface area contributed by atoms with E-state index in [4.69, 9.17) is 15.4 Å². The minimum Gasteiger partial charge on any atom is -0.378 e. The molecule has 0 aromatic rings. The Morgan fingerprint density at radius 3 is 2.14 bits per heavy atom.